The van der Waals surface area contributed by atoms with E-state index in [1.807, 2.05) is 0 Å². The summed E-state index contributed by atoms with van der Waals surface area (Å²) in [5.41, 5.74) is 0. The summed E-state index contributed by atoms with van der Waals surface area (Å²) in [5, 5.41) is 0. The van der Waals surface area contributed by atoms with Crippen LogP contribution in [-0.2, 0) is 8.37 Å². The summed E-state index contributed by atoms with van der Waals surface area (Å²) >= 11 is -1.97. The van der Waals surface area contributed by atoms with Crippen LogP contribution in [-0.4, -0.2) is 71.2 Å². The summed E-state index contributed by atoms with van der Waals surface area (Å²) in [6.45, 7) is 0. The third kappa shape index (κ3) is 393. The average Bonchev–Trinajstić information content (AvgIpc) is 1.68. The second kappa shape index (κ2) is 17.7. The van der Waals surface area contributed by atoms with E-state index in [-0.39, 0.29) is 18.9 Å². The van der Waals surface area contributed by atoms with Crippen molar-refractivity contribution >= 4 is 64.4 Å². The van der Waals surface area contributed by atoms with E-state index >= 15 is 0 Å². The Morgan fingerprint density at radius 2 is 1.18 bits per heavy atom. The molecule has 0 heterocycles. The Bertz CT molecular complexity index is 90.2. The SMILES string of the molecule is O=P(O)(O)O.[F][Mg][F].[LiH].[O]=[AlH]. The molecule has 0 aromatic carbocycles. The summed E-state index contributed by atoms with van der Waals surface area (Å²) in [5.74, 6) is 0. The summed E-state index contributed by atoms with van der Waals surface area (Å²) in [6.07, 6.45) is 0. The predicted molar refractivity (Wildman–Crippen MR) is 37.2 cm³/mol. The Labute approximate surface area is 92.8 Å². The average molecular weight is 212 g/mol. The molecule has 0 amide bonds. The van der Waals surface area contributed by atoms with Crippen molar-refractivity contribution in [2.45, 2.75) is 0 Å². The minimum absolute atomic E-state index is 0. The summed E-state index contributed by atoms with van der Waals surface area (Å²) in [7, 11) is -4.64. The van der Waals surface area contributed by atoms with E-state index in [2.05, 4.69) is 0 Å². The van der Waals surface area contributed by atoms with Gasteiger partial charge in [0.2, 0.25) is 0 Å². The fourth-order valence-corrected chi connectivity index (χ4v) is 0. The van der Waals surface area contributed by atoms with Crippen molar-refractivity contribution in [3.05, 3.63) is 0 Å². The summed E-state index contributed by atoms with van der Waals surface area (Å²) in [4.78, 5) is 21.6. The van der Waals surface area contributed by atoms with E-state index in [0.29, 0.717) is 16.2 Å². The van der Waals surface area contributed by atoms with E-state index in [1.54, 1.807) is 0 Å². The molecule has 5 nitrogen and oxygen atoms in total. The van der Waals surface area contributed by atoms with Crippen molar-refractivity contribution in [2.24, 2.45) is 0 Å². The van der Waals surface area contributed by atoms with Gasteiger partial charge in [-0.3, -0.25) is 0 Å². The van der Waals surface area contributed by atoms with Gasteiger partial charge in [0.25, 0.3) is 0 Å². The van der Waals surface area contributed by atoms with Gasteiger partial charge in [-0.05, 0) is 0 Å². The number of phosphoric acid groups is 1. The first-order chi connectivity index (χ1) is 4.41. The quantitative estimate of drug-likeness (QED) is 0.322. The van der Waals surface area contributed by atoms with Crippen LogP contribution < -0.4 is 0 Å². The van der Waals surface area contributed by atoms with Crippen LogP contribution in [0.1, 0.15) is 0 Å². The maximum absolute atomic E-state index is 9.76. The zero-order valence-corrected chi connectivity index (χ0v) is 8.50. The van der Waals surface area contributed by atoms with Gasteiger partial charge < -0.3 is 20.6 Å². The van der Waals surface area contributed by atoms with E-state index in [9.17, 15) is 5.91 Å². The first-order valence-electron chi connectivity index (χ1n) is 1.61. The molecular weight excluding hydrogens is 207 g/mol. The number of rotatable bonds is 0. The van der Waals surface area contributed by atoms with Crippen molar-refractivity contribution in [1.82, 2.24) is 0 Å². The van der Waals surface area contributed by atoms with Crippen molar-refractivity contribution in [3.63, 3.8) is 0 Å². The predicted octanol–water partition coefficient (Wildman–Crippen LogP) is -1.88. The minimum atomic E-state index is -4.64. The zero-order valence-electron chi connectivity index (χ0n) is 4.78. The van der Waals surface area contributed by atoms with Gasteiger partial charge in [-0.1, -0.05) is 0 Å². The van der Waals surface area contributed by atoms with Gasteiger partial charge in [0, 0.05) is 0 Å². The van der Waals surface area contributed by atoms with Crippen LogP contribution in [0, 0.1) is 0 Å². The van der Waals surface area contributed by atoms with E-state index in [0.717, 1.165) is 0 Å². The van der Waals surface area contributed by atoms with Gasteiger partial charge in [-0.2, -0.15) is 0 Å². The Kier molecular flexibility index (Phi) is 36.9. The van der Waals surface area contributed by atoms with Gasteiger partial charge in [0.15, 0.2) is 0 Å². The van der Waals surface area contributed by atoms with Crippen LogP contribution >= 0.6 is 7.82 Å². The monoisotopic (exact) mass is 212 g/mol. The first kappa shape index (κ1) is 23.0. The molecule has 11 heteroatoms. The molecule has 0 aliphatic rings. The number of hydrogen-bond acceptors (Lipinski definition) is 2. The number of hydrogen-bond donors (Lipinski definition) is 3. The van der Waals surface area contributed by atoms with Crippen LogP contribution in [0.5, 0.6) is 0 Å². The fraction of sp³-hybridized carbons (Fsp3) is 0. The molecule has 0 radical (unpaired) electrons. The summed E-state index contributed by atoms with van der Waals surface area (Å²) < 4.78 is 36.7. The van der Waals surface area contributed by atoms with E-state index in [1.165, 1.54) is 0 Å². The third-order valence-corrected chi connectivity index (χ3v) is 0. The van der Waals surface area contributed by atoms with E-state index < -0.39 is 29.3 Å². The van der Waals surface area contributed by atoms with Crippen LogP contribution in [0.4, 0.5) is 5.91 Å². The second-order valence-electron chi connectivity index (χ2n) is 0.614. The molecule has 0 atom stereocenters. The van der Waals surface area contributed by atoms with Gasteiger partial charge in [-0.25, -0.2) is 4.57 Å². The van der Waals surface area contributed by atoms with Crippen molar-refractivity contribution < 1.29 is 29.0 Å². The molecule has 0 saturated heterocycles. The molecule has 0 aliphatic heterocycles. The zero-order chi connectivity index (χ0) is 9.21. The second-order valence-corrected chi connectivity index (χ2v) is 1.84. The van der Waals surface area contributed by atoms with Crippen molar-refractivity contribution in [3.8, 4) is 0 Å². The normalized spacial score (nSPS) is 6.55. The van der Waals surface area contributed by atoms with Crippen LogP contribution in [0.2, 0.25) is 0 Å². The Hall–Kier alpha value is 1.67. The molecule has 0 aromatic heterocycles. The van der Waals surface area contributed by atoms with Gasteiger partial charge >= 0.3 is 68.2 Å². The standard InChI is InChI=1S/Al.2FH.Li.Mg.H3O4P.O.2H/c;;;;;1-5(2,3)4;;;/h;2*1H;;;(H3,1,2,3,4);;;/q;;;;+2;;;;/p-2. The van der Waals surface area contributed by atoms with Crippen LogP contribution in [0.25, 0.3) is 0 Å². The molecule has 0 saturated carbocycles. The molecule has 0 unspecified atom stereocenters. The Balaban J connectivity index is -0.0000000360. The molecule has 0 bridgehead atoms. The van der Waals surface area contributed by atoms with Crippen LogP contribution in [0.3, 0.4) is 0 Å². The van der Waals surface area contributed by atoms with E-state index in [4.69, 9.17) is 23.0 Å². The first-order valence-corrected chi connectivity index (χ1v) is 4.82. The molecule has 3 N–H and O–H groups in total. The molecule has 11 heavy (non-hydrogen) atoms. The molecule has 0 aromatic rings. The van der Waals surface area contributed by atoms with Crippen LogP contribution in [0.15, 0.2) is 0 Å². The molecule has 60 valence electrons. The molecular formula is H5AlF2LiMgO5P. The van der Waals surface area contributed by atoms with Gasteiger partial charge in [-0.15, -0.1) is 0 Å². The Morgan fingerprint density at radius 3 is 1.18 bits per heavy atom. The molecule has 0 spiro atoms. The topological polar surface area (TPSA) is 94.8 Å². The Morgan fingerprint density at radius 1 is 1.18 bits per heavy atom. The molecule has 0 aliphatic carbocycles. The molecule has 0 rings (SSSR count). The van der Waals surface area contributed by atoms with Crippen molar-refractivity contribution in [2.75, 3.05) is 0 Å². The van der Waals surface area contributed by atoms with Gasteiger partial charge in [0.05, 0.1) is 0 Å². The number of halogens is 2. The fourth-order valence-electron chi connectivity index (χ4n) is 0. The molecule has 0 fully saturated rings. The van der Waals surface area contributed by atoms with Gasteiger partial charge in [0.1, 0.15) is 0 Å². The van der Waals surface area contributed by atoms with Crippen molar-refractivity contribution in [1.29, 1.82) is 0 Å². The summed E-state index contributed by atoms with van der Waals surface area (Å²) in [6, 6.07) is 0. The third-order valence-electron chi connectivity index (χ3n) is 0. The maximum atomic E-state index is 9.76.